The minimum Gasteiger partial charge on any atom is -0.453 e. The van der Waals surface area contributed by atoms with Crippen molar-refractivity contribution < 1.29 is 14.3 Å². The van der Waals surface area contributed by atoms with Crippen molar-refractivity contribution in [3.8, 4) is 11.3 Å². The van der Waals surface area contributed by atoms with Crippen molar-refractivity contribution in [3.63, 3.8) is 0 Å². The van der Waals surface area contributed by atoms with Gasteiger partial charge in [-0.05, 0) is 42.7 Å². The Kier molecular flexibility index (Phi) is 5.66. The summed E-state index contributed by atoms with van der Waals surface area (Å²) in [6, 6.07) is 6.90. The predicted molar refractivity (Wildman–Crippen MR) is 102 cm³/mol. The lowest BCUT2D eigenvalue weighted by Gasteiger charge is -2.19. The smallest absolute Gasteiger partial charge is 0.411 e. The average Bonchev–Trinajstić information content (AvgIpc) is 2.67. The molecule has 2 aromatic rings. The fourth-order valence-electron chi connectivity index (χ4n) is 3.03. The Balaban J connectivity index is 2.07. The van der Waals surface area contributed by atoms with E-state index in [4.69, 9.17) is 5.73 Å². The number of rotatable bonds is 1. The topological polar surface area (TPSA) is 119 Å². The Bertz CT molecular complexity index is 855. The molecule has 0 saturated carbocycles. The highest BCUT2D eigenvalue weighted by Gasteiger charge is 2.19. The second-order valence-corrected chi connectivity index (χ2v) is 6.68. The number of fused-ring (bicyclic) bond motifs is 4. The molecular weight excluding hydrogens is 346 g/mol. The van der Waals surface area contributed by atoms with Gasteiger partial charge in [0.2, 0.25) is 5.91 Å². The van der Waals surface area contributed by atoms with Gasteiger partial charge in [0, 0.05) is 23.2 Å². The highest BCUT2D eigenvalue weighted by Crippen LogP contribution is 2.32. The Morgan fingerprint density at radius 2 is 2.15 bits per heavy atom. The number of amides is 2. The van der Waals surface area contributed by atoms with Crippen LogP contribution in [0.25, 0.3) is 11.3 Å². The second kappa shape index (κ2) is 8.13. The van der Waals surface area contributed by atoms with E-state index in [0.717, 1.165) is 24.8 Å². The fourth-order valence-corrected chi connectivity index (χ4v) is 3.03. The Morgan fingerprint density at radius 3 is 2.93 bits per heavy atom. The van der Waals surface area contributed by atoms with Gasteiger partial charge in [0.05, 0.1) is 24.7 Å². The molecule has 8 nitrogen and oxygen atoms in total. The highest BCUT2D eigenvalue weighted by atomic mass is 16.5. The standard InChI is InChI=1S/C19H23N5O3/c1-11-4-3-5-15(20)12-8-17(24-21-10-12)14-7-6-13(22-19(26)27-2)9-16(14)23-18(11)25/h6-11,15H,3-5,20H2,1-2H3,(H,22,26)(H,23,25)/t11-,15-/m0/s1. The van der Waals surface area contributed by atoms with Gasteiger partial charge in [0.15, 0.2) is 0 Å². The van der Waals surface area contributed by atoms with E-state index in [1.165, 1.54) is 7.11 Å². The molecule has 2 atom stereocenters. The van der Waals surface area contributed by atoms with Crippen molar-refractivity contribution in [1.82, 2.24) is 10.2 Å². The van der Waals surface area contributed by atoms with Gasteiger partial charge in [0.25, 0.3) is 0 Å². The lowest BCUT2D eigenvalue weighted by molar-refractivity contribution is -0.119. The number of benzene rings is 1. The summed E-state index contributed by atoms with van der Waals surface area (Å²) in [7, 11) is 1.29. The van der Waals surface area contributed by atoms with Crippen LogP contribution in [0.15, 0.2) is 30.5 Å². The molecule has 2 bridgehead atoms. The average molecular weight is 369 g/mol. The van der Waals surface area contributed by atoms with Crippen LogP contribution in [0.3, 0.4) is 0 Å². The molecule has 0 fully saturated rings. The van der Waals surface area contributed by atoms with E-state index in [2.05, 4.69) is 25.6 Å². The first-order chi connectivity index (χ1) is 13.0. The Hall–Kier alpha value is -3.00. The lowest BCUT2D eigenvalue weighted by atomic mass is 9.96. The van der Waals surface area contributed by atoms with Crippen molar-refractivity contribution in [3.05, 3.63) is 36.0 Å². The van der Waals surface area contributed by atoms with E-state index >= 15 is 0 Å². The van der Waals surface area contributed by atoms with Crippen molar-refractivity contribution >= 4 is 23.4 Å². The van der Waals surface area contributed by atoms with E-state index in [1.807, 2.05) is 13.0 Å². The van der Waals surface area contributed by atoms with Gasteiger partial charge in [-0.1, -0.05) is 13.3 Å². The summed E-state index contributed by atoms with van der Waals surface area (Å²) in [5.74, 6) is -0.254. The minimum absolute atomic E-state index is 0.0928. The van der Waals surface area contributed by atoms with Gasteiger partial charge < -0.3 is 15.8 Å². The van der Waals surface area contributed by atoms with E-state index < -0.39 is 6.09 Å². The number of aromatic nitrogens is 2. The molecule has 1 aromatic heterocycles. The lowest BCUT2D eigenvalue weighted by Crippen LogP contribution is -2.22. The van der Waals surface area contributed by atoms with Crippen LogP contribution < -0.4 is 16.4 Å². The first-order valence-corrected chi connectivity index (χ1v) is 8.86. The monoisotopic (exact) mass is 369 g/mol. The predicted octanol–water partition coefficient (Wildman–Crippen LogP) is 3.08. The van der Waals surface area contributed by atoms with Gasteiger partial charge in [-0.15, -0.1) is 0 Å². The molecule has 0 aliphatic carbocycles. The largest absolute Gasteiger partial charge is 0.453 e. The van der Waals surface area contributed by atoms with Crippen LogP contribution in [0.1, 0.15) is 37.8 Å². The molecular formula is C19H23N5O3. The Morgan fingerprint density at radius 1 is 1.33 bits per heavy atom. The number of nitrogens with one attached hydrogen (secondary N) is 2. The van der Waals surface area contributed by atoms with Crippen LogP contribution in [0, 0.1) is 5.92 Å². The molecule has 4 N–H and O–H groups in total. The van der Waals surface area contributed by atoms with Crippen molar-refractivity contribution in [1.29, 1.82) is 0 Å². The van der Waals surface area contributed by atoms with Crippen LogP contribution in [0.2, 0.25) is 0 Å². The van der Waals surface area contributed by atoms with E-state index in [9.17, 15) is 9.59 Å². The molecule has 2 amide bonds. The summed E-state index contributed by atoms with van der Waals surface area (Å²) in [4.78, 5) is 24.1. The quantitative estimate of drug-likeness (QED) is 0.711. The third-order valence-electron chi connectivity index (χ3n) is 4.69. The number of nitrogens with zero attached hydrogens (tertiary/aromatic N) is 2. The van der Waals surface area contributed by atoms with E-state index in [-0.39, 0.29) is 17.9 Å². The molecule has 0 unspecified atom stereocenters. The first-order valence-electron chi connectivity index (χ1n) is 8.86. The van der Waals surface area contributed by atoms with Gasteiger partial charge >= 0.3 is 6.09 Å². The maximum Gasteiger partial charge on any atom is 0.411 e. The fraction of sp³-hybridized carbons (Fsp3) is 0.368. The van der Waals surface area contributed by atoms with Crippen molar-refractivity contribution in [2.24, 2.45) is 11.7 Å². The molecule has 8 heteroatoms. The van der Waals surface area contributed by atoms with Crippen LogP contribution in [-0.2, 0) is 9.53 Å². The van der Waals surface area contributed by atoms with Gasteiger partial charge in [-0.2, -0.15) is 10.2 Å². The number of carbonyl (C=O) groups is 2. The summed E-state index contributed by atoms with van der Waals surface area (Å²) in [6.07, 6.45) is 3.44. The number of carbonyl (C=O) groups excluding carboxylic acids is 2. The maximum atomic E-state index is 12.6. The molecule has 142 valence electrons. The molecule has 2 heterocycles. The van der Waals surface area contributed by atoms with Gasteiger partial charge in [0.1, 0.15) is 0 Å². The summed E-state index contributed by atoms with van der Waals surface area (Å²) in [6.45, 7) is 1.89. The summed E-state index contributed by atoms with van der Waals surface area (Å²) in [5, 5.41) is 13.8. The van der Waals surface area contributed by atoms with Crippen molar-refractivity contribution in [2.75, 3.05) is 17.7 Å². The molecule has 0 spiro atoms. The molecule has 0 radical (unpaired) electrons. The number of methoxy groups -OCH3 is 1. The number of ether oxygens (including phenoxy) is 1. The second-order valence-electron chi connectivity index (χ2n) is 6.68. The molecule has 1 aliphatic heterocycles. The summed E-state index contributed by atoms with van der Waals surface area (Å²) < 4.78 is 4.62. The van der Waals surface area contributed by atoms with E-state index in [0.29, 0.717) is 22.6 Å². The molecule has 1 aromatic carbocycles. The SMILES string of the molecule is COC(=O)Nc1ccc2c(c1)NC(=O)[C@@H](C)CCC[C@H](N)c1cnnc-2c1. The Labute approximate surface area is 157 Å². The maximum absolute atomic E-state index is 12.6. The van der Waals surface area contributed by atoms with Crippen LogP contribution >= 0.6 is 0 Å². The summed E-state index contributed by atoms with van der Waals surface area (Å²) in [5.41, 5.74) is 9.54. The highest BCUT2D eigenvalue weighted by molar-refractivity contribution is 5.98. The van der Waals surface area contributed by atoms with Crippen LogP contribution in [0.5, 0.6) is 0 Å². The third-order valence-corrected chi connectivity index (χ3v) is 4.69. The zero-order valence-corrected chi connectivity index (χ0v) is 15.4. The number of anilines is 2. The van der Waals surface area contributed by atoms with Crippen LogP contribution in [0.4, 0.5) is 16.2 Å². The van der Waals surface area contributed by atoms with Crippen molar-refractivity contribution in [2.45, 2.75) is 32.2 Å². The van der Waals surface area contributed by atoms with Crippen LogP contribution in [-0.4, -0.2) is 29.3 Å². The van der Waals surface area contributed by atoms with Gasteiger partial charge in [-0.3, -0.25) is 10.1 Å². The zero-order valence-electron chi connectivity index (χ0n) is 15.4. The third kappa shape index (κ3) is 4.40. The molecule has 27 heavy (non-hydrogen) atoms. The number of hydrogen-bond donors (Lipinski definition) is 3. The molecule has 0 saturated heterocycles. The molecule has 3 rings (SSSR count). The normalized spacial score (nSPS) is 19.7. The minimum atomic E-state index is -0.587. The van der Waals surface area contributed by atoms with Gasteiger partial charge in [-0.25, -0.2) is 4.79 Å². The molecule has 1 aliphatic rings. The first kappa shape index (κ1) is 18.8. The number of hydrogen-bond acceptors (Lipinski definition) is 6. The number of nitrogens with two attached hydrogens (primary N) is 1. The van der Waals surface area contributed by atoms with E-state index in [1.54, 1.807) is 24.4 Å². The zero-order chi connectivity index (χ0) is 19.4. The summed E-state index contributed by atoms with van der Waals surface area (Å²) >= 11 is 0.